The molecule has 1 N–H and O–H groups in total. The third-order valence-corrected chi connectivity index (χ3v) is 6.78. The van der Waals surface area contributed by atoms with E-state index in [-0.39, 0.29) is 5.92 Å². The van der Waals surface area contributed by atoms with E-state index < -0.39 is 5.97 Å². The Morgan fingerprint density at radius 1 is 1.28 bits per heavy atom. The number of aliphatic carboxylic acids is 1. The standard InChI is InChI=1S/C26H31ClN2O3/c1-16(2)8-22-10-25(27)20(11-28-22)15-32-23-6-7-24-17(3)19(5-4-18(24)9-23)12-29-13-21(14-29)26(30)31/h6-7,9-11,16,21H,4-5,8,12-15H2,1-3H3,(H,30,31). The molecule has 0 saturated carbocycles. The van der Waals surface area contributed by atoms with Crippen molar-refractivity contribution in [3.63, 3.8) is 0 Å². The Labute approximate surface area is 195 Å². The van der Waals surface area contributed by atoms with Crippen LogP contribution in [0.25, 0.3) is 5.57 Å². The number of benzene rings is 1. The molecule has 0 spiro atoms. The summed E-state index contributed by atoms with van der Waals surface area (Å²) < 4.78 is 6.04. The molecular formula is C26H31ClN2O3. The molecule has 32 heavy (non-hydrogen) atoms. The van der Waals surface area contributed by atoms with Gasteiger partial charge in [-0.15, -0.1) is 0 Å². The van der Waals surface area contributed by atoms with Gasteiger partial charge in [0.15, 0.2) is 0 Å². The first-order valence-electron chi connectivity index (χ1n) is 11.3. The third-order valence-electron chi connectivity index (χ3n) is 6.43. The van der Waals surface area contributed by atoms with Gasteiger partial charge in [-0.2, -0.15) is 0 Å². The number of hydrogen-bond donors (Lipinski definition) is 1. The molecule has 1 fully saturated rings. The molecule has 1 aromatic carbocycles. The van der Waals surface area contributed by atoms with Gasteiger partial charge in [-0.05, 0) is 67.0 Å². The molecule has 2 aromatic rings. The second-order valence-electron chi connectivity index (χ2n) is 9.43. The molecule has 0 amide bonds. The number of nitrogens with zero attached hydrogens (tertiary/aromatic N) is 2. The number of rotatable bonds is 8. The highest BCUT2D eigenvalue weighted by atomic mass is 35.5. The minimum absolute atomic E-state index is 0.207. The third kappa shape index (κ3) is 5.16. The fraction of sp³-hybridized carbons (Fsp3) is 0.462. The number of aromatic nitrogens is 1. The maximum absolute atomic E-state index is 11.0. The topological polar surface area (TPSA) is 62.7 Å². The van der Waals surface area contributed by atoms with Crippen LogP contribution >= 0.6 is 11.6 Å². The van der Waals surface area contributed by atoms with Gasteiger partial charge in [0.2, 0.25) is 0 Å². The summed E-state index contributed by atoms with van der Waals surface area (Å²) in [5.74, 6) is 0.495. The van der Waals surface area contributed by atoms with Crippen molar-refractivity contribution in [3.05, 3.63) is 63.4 Å². The van der Waals surface area contributed by atoms with Crippen LogP contribution in [-0.4, -0.2) is 40.6 Å². The summed E-state index contributed by atoms with van der Waals surface area (Å²) in [6.45, 7) is 9.08. The van der Waals surface area contributed by atoms with Crippen LogP contribution in [0, 0.1) is 11.8 Å². The monoisotopic (exact) mass is 454 g/mol. The van der Waals surface area contributed by atoms with E-state index in [0.717, 1.165) is 42.8 Å². The number of aryl methyl sites for hydroxylation is 1. The van der Waals surface area contributed by atoms with E-state index in [9.17, 15) is 4.79 Å². The van der Waals surface area contributed by atoms with E-state index in [1.54, 1.807) is 0 Å². The number of ether oxygens (including phenoxy) is 1. The van der Waals surface area contributed by atoms with Gasteiger partial charge in [-0.25, -0.2) is 0 Å². The van der Waals surface area contributed by atoms with Gasteiger partial charge in [-0.3, -0.25) is 14.7 Å². The predicted molar refractivity (Wildman–Crippen MR) is 127 cm³/mol. The van der Waals surface area contributed by atoms with Gasteiger partial charge >= 0.3 is 5.97 Å². The summed E-state index contributed by atoms with van der Waals surface area (Å²) in [7, 11) is 0. The molecular weight excluding hydrogens is 424 g/mol. The summed E-state index contributed by atoms with van der Waals surface area (Å²) in [6, 6.07) is 8.23. The van der Waals surface area contributed by atoms with Crippen LogP contribution in [0.4, 0.5) is 0 Å². The van der Waals surface area contributed by atoms with Crippen molar-refractivity contribution in [2.24, 2.45) is 11.8 Å². The van der Waals surface area contributed by atoms with Crippen LogP contribution in [0.15, 0.2) is 36.0 Å². The quantitative estimate of drug-likeness (QED) is 0.590. The fourth-order valence-corrected chi connectivity index (χ4v) is 4.74. The molecule has 0 bridgehead atoms. The molecule has 1 aromatic heterocycles. The smallest absolute Gasteiger partial charge is 0.309 e. The Kier molecular flexibility index (Phi) is 6.87. The summed E-state index contributed by atoms with van der Waals surface area (Å²) in [4.78, 5) is 17.8. The van der Waals surface area contributed by atoms with Crippen molar-refractivity contribution >= 4 is 23.1 Å². The van der Waals surface area contributed by atoms with Crippen LogP contribution in [-0.2, 0) is 24.2 Å². The van der Waals surface area contributed by atoms with Crippen LogP contribution in [0.1, 0.15) is 49.6 Å². The second kappa shape index (κ2) is 9.63. The Morgan fingerprint density at radius 3 is 2.75 bits per heavy atom. The second-order valence-corrected chi connectivity index (χ2v) is 9.84. The molecule has 2 aliphatic rings. The number of carboxylic acid groups (broad SMARTS) is 1. The van der Waals surface area contributed by atoms with Gasteiger partial charge < -0.3 is 9.84 Å². The Bertz CT molecular complexity index is 1040. The van der Waals surface area contributed by atoms with E-state index in [2.05, 4.69) is 42.8 Å². The lowest BCUT2D eigenvalue weighted by atomic mass is 9.85. The molecule has 6 heteroatoms. The number of carboxylic acids is 1. The van der Waals surface area contributed by atoms with Crippen molar-refractivity contribution in [1.82, 2.24) is 9.88 Å². The minimum atomic E-state index is -0.683. The lowest BCUT2D eigenvalue weighted by Gasteiger charge is -2.38. The maximum atomic E-state index is 11.0. The lowest BCUT2D eigenvalue weighted by Crippen LogP contribution is -2.50. The average Bonchev–Trinajstić information content (AvgIpc) is 2.70. The van der Waals surface area contributed by atoms with Gasteiger partial charge in [-0.1, -0.05) is 37.1 Å². The number of pyridine rings is 1. The molecule has 1 aliphatic heterocycles. The highest BCUT2D eigenvalue weighted by Gasteiger charge is 2.33. The van der Waals surface area contributed by atoms with Crippen LogP contribution in [0.5, 0.6) is 5.75 Å². The van der Waals surface area contributed by atoms with Crippen molar-refractivity contribution in [2.75, 3.05) is 19.6 Å². The Hall–Kier alpha value is -2.37. The minimum Gasteiger partial charge on any atom is -0.489 e. The number of halogens is 1. The molecule has 0 unspecified atom stereocenters. The molecule has 170 valence electrons. The van der Waals surface area contributed by atoms with E-state index in [0.29, 0.717) is 30.6 Å². The highest BCUT2D eigenvalue weighted by molar-refractivity contribution is 6.31. The summed E-state index contributed by atoms with van der Waals surface area (Å²) in [5, 5.41) is 9.78. The van der Waals surface area contributed by atoms with Gasteiger partial charge in [0.1, 0.15) is 12.4 Å². The molecule has 1 saturated heterocycles. The van der Waals surface area contributed by atoms with E-state index in [1.165, 1.54) is 22.3 Å². The van der Waals surface area contributed by atoms with Gasteiger partial charge in [0.05, 0.1) is 10.9 Å². The van der Waals surface area contributed by atoms with Crippen LogP contribution in [0.2, 0.25) is 5.02 Å². The van der Waals surface area contributed by atoms with Crippen molar-refractivity contribution in [2.45, 2.75) is 46.6 Å². The maximum Gasteiger partial charge on any atom is 0.309 e. The predicted octanol–water partition coefficient (Wildman–Crippen LogP) is 5.25. The number of likely N-dealkylation sites (tertiary alicyclic amines) is 1. The first-order valence-corrected chi connectivity index (χ1v) is 11.7. The van der Waals surface area contributed by atoms with Crippen molar-refractivity contribution < 1.29 is 14.6 Å². The SMILES string of the molecule is CC1=C(CN2CC(C(=O)O)C2)CCc2cc(OCc3cnc(CC(C)C)cc3Cl)ccc21. The van der Waals surface area contributed by atoms with E-state index in [1.807, 2.05) is 18.3 Å². The number of carbonyl (C=O) groups is 1. The van der Waals surface area contributed by atoms with E-state index in [4.69, 9.17) is 21.4 Å². The van der Waals surface area contributed by atoms with Crippen LogP contribution in [0.3, 0.4) is 0 Å². The first kappa shape index (κ1) is 22.8. The normalized spacial score (nSPS) is 16.8. The van der Waals surface area contributed by atoms with Gasteiger partial charge in [0.25, 0.3) is 0 Å². The largest absolute Gasteiger partial charge is 0.489 e. The van der Waals surface area contributed by atoms with Crippen molar-refractivity contribution in [3.8, 4) is 5.75 Å². The summed E-state index contributed by atoms with van der Waals surface area (Å²) >= 11 is 6.45. The Balaban J connectivity index is 1.39. The van der Waals surface area contributed by atoms with E-state index >= 15 is 0 Å². The molecule has 5 nitrogen and oxygen atoms in total. The molecule has 1 aliphatic carbocycles. The molecule has 2 heterocycles. The summed E-state index contributed by atoms with van der Waals surface area (Å²) in [6.07, 6.45) is 4.71. The average molecular weight is 455 g/mol. The molecule has 0 radical (unpaired) electrons. The number of fused-ring (bicyclic) bond motifs is 1. The number of hydrogen-bond acceptors (Lipinski definition) is 4. The fourth-order valence-electron chi connectivity index (χ4n) is 4.51. The molecule has 0 atom stereocenters. The zero-order chi connectivity index (χ0) is 22.8. The Morgan fingerprint density at radius 2 is 2.06 bits per heavy atom. The lowest BCUT2D eigenvalue weighted by molar-refractivity contribution is -0.147. The van der Waals surface area contributed by atoms with Crippen molar-refractivity contribution in [1.29, 1.82) is 0 Å². The molecule has 4 rings (SSSR count). The first-order chi connectivity index (χ1) is 15.3. The zero-order valence-corrected chi connectivity index (χ0v) is 19.8. The zero-order valence-electron chi connectivity index (χ0n) is 19.0. The van der Waals surface area contributed by atoms with Gasteiger partial charge in [0, 0.05) is 37.1 Å². The summed E-state index contributed by atoms with van der Waals surface area (Å²) in [5.41, 5.74) is 7.19. The highest BCUT2D eigenvalue weighted by Crippen LogP contribution is 2.35. The van der Waals surface area contributed by atoms with Crippen LogP contribution < -0.4 is 4.74 Å². The number of allylic oxidation sites excluding steroid dienone is 1.